The maximum absolute atomic E-state index is 15.2. The highest BCUT2D eigenvalue weighted by molar-refractivity contribution is 8.76. The van der Waals surface area contributed by atoms with Gasteiger partial charge in [0, 0.05) is 43.2 Å². The summed E-state index contributed by atoms with van der Waals surface area (Å²) in [5.41, 5.74) is -8.60. The number of esters is 3. The molecule has 11 atom stereocenters. The topological polar surface area (TPSA) is 252 Å². The molecule has 2 bridgehead atoms. The molecule has 1 amide bonds. The third-order valence-electron chi connectivity index (χ3n) is 13.9. The first-order valence-electron chi connectivity index (χ1n) is 23.4. The van der Waals surface area contributed by atoms with E-state index in [0.29, 0.717) is 5.75 Å². The molecule has 4 aliphatic rings. The average molecular weight is 1020 g/mol. The Bertz CT molecular complexity index is 2280. The molecule has 2 saturated carbocycles. The Kier molecular flexibility index (Phi) is 17.1. The molecule has 2 aromatic carbocycles. The average Bonchev–Trinajstić information content (AvgIpc) is 3.29. The smallest absolute Gasteiger partial charge is 0.455 e. The Labute approximate surface area is 416 Å². The summed E-state index contributed by atoms with van der Waals surface area (Å²) in [5.74, 6) is -4.32. The quantitative estimate of drug-likeness (QED) is 0.0437. The number of aliphatic hydroxyl groups excluding tert-OH is 2. The first kappa shape index (κ1) is 54.6. The highest BCUT2D eigenvalue weighted by atomic mass is 33.1. The number of ether oxygens (including phenoxy) is 7. The van der Waals surface area contributed by atoms with Crippen LogP contribution >= 0.6 is 21.6 Å². The largest absolute Gasteiger partial charge is 0.509 e. The fourth-order valence-electron chi connectivity index (χ4n) is 10.4. The van der Waals surface area contributed by atoms with Gasteiger partial charge in [0.05, 0.1) is 29.6 Å². The van der Waals surface area contributed by atoms with Crippen LogP contribution in [0.1, 0.15) is 97.1 Å². The molecular formula is C50H66N2O16S2. The van der Waals surface area contributed by atoms with Crippen LogP contribution < -0.4 is 10.6 Å². The number of aliphatic hydroxyl groups is 3. The predicted octanol–water partition coefficient (Wildman–Crippen LogP) is 5.41. The minimum absolute atomic E-state index is 0.0574. The number of benzene rings is 2. The Hall–Kier alpha value is -4.70. The fourth-order valence-corrected chi connectivity index (χ4v) is 12.1. The van der Waals surface area contributed by atoms with Gasteiger partial charge in [0.25, 0.3) is 0 Å². The van der Waals surface area contributed by atoms with E-state index < -0.39 is 119 Å². The lowest BCUT2D eigenvalue weighted by Crippen LogP contribution is -2.81. The maximum Gasteiger partial charge on any atom is 0.509 e. The molecule has 18 nitrogen and oxygen atoms in total. The van der Waals surface area contributed by atoms with Crippen molar-refractivity contribution in [3.8, 4) is 0 Å². The Morgan fingerprint density at radius 1 is 0.943 bits per heavy atom. The molecule has 2 aromatic rings. The molecule has 20 heteroatoms. The van der Waals surface area contributed by atoms with Crippen molar-refractivity contribution in [2.24, 2.45) is 16.7 Å². The molecule has 384 valence electrons. The summed E-state index contributed by atoms with van der Waals surface area (Å²) >= 11 is 0. The van der Waals surface area contributed by atoms with Gasteiger partial charge in [-0.3, -0.25) is 9.59 Å². The van der Waals surface area contributed by atoms with E-state index in [4.69, 9.17) is 33.2 Å². The van der Waals surface area contributed by atoms with Crippen molar-refractivity contribution in [1.82, 2.24) is 10.6 Å². The van der Waals surface area contributed by atoms with Crippen LogP contribution in [0.25, 0.3) is 0 Å². The summed E-state index contributed by atoms with van der Waals surface area (Å²) < 4.78 is 41.4. The van der Waals surface area contributed by atoms with Gasteiger partial charge in [-0.15, -0.1) is 0 Å². The SMILES string of the molecule is CCNCCSSCCOC(=O)O[C@@H](C(=O)O[C@H]1C[C@@]2(O)[C@@H](OC(=O)c3ccccc3)[C@@H]3[C@]4(OC(C)=O)CO[C@@H]4C[C@H](O)[C@@]3(C)C(=O)[C@H](O)C(=C1C)C2(C)C)[C@@H](NC(=O)OC(C)(C)C)c1ccccc1. The van der Waals surface area contributed by atoms with Gasteiger partial charge < -0.3 is 59.1 Å². The van der Waals surface area contributed by atoms with Gasteiger partial charge in [0.2, 0.25) is 6.10 Å². The van der Waals surface area contributed by atoms with Crippen LogP contribution in [0, 0.1) is 16.7 Å². The molecule has 3 fully saturated rings. The summed E-state index contributed by atoms with van der Waals surface area (Å²) in [6, 6.07) is 14.5. The van der Waals surface area contributed by atoms with Crippen molar-refractivity contribution in [3.63, 3.8) is 0 Å². The number of rotatable bonds is 17. The number of alkyl carbamates (subject to hydrolysis) is 1. The highest BCUT2D eigenvalue weighted by Gasteiger charge is 2.78. The van der Waals surface area contributed by atoms with Crippen LogP contribution in [0.4, 0.5) is 9.59 Å². The van der Waals surface area contributed by atoms with Gasteiger partial charge in [0.15, 0.2) is 11.4 Å². The zero-order valence-corrected chi connectivity index (χ0v) is 42.6. The first-order valence-corrected chi connectivity index (χ1v) is 25.9. The van der Waals surface area contributed by atoms with Gasteiger partial charge in [-0.25, -0.2) is 19.2 Å². The fraction of sp³-hybridized carbons (Fsp3) is 0.600. The van der Waals surface area contributed by atoms with E-state index in [9.17, 15) is 34.5 Å². The zero-order valence-electron chi connectivity index (χ0n) is 41.0. The van der Waals surface area contributed by atoms with Crippen molar-refractivity contribution >= 4 is 57.5 Å². The second-order valence-electron chi connectivity index (χ2n) is 19.8. The molecule has 6 rings (SSSR count). The molecule has 3 aliphatic carbocycles. The molecule has 0 unspecified atom stereocenters. The number of ketones is 1. The van der Waals surface area contributed by atoms with E-state index in [1.807, 2.05) is 6.92 Å². The summed E-state index contributed by atoms with van der Waals surface area (Å²) in [6.45, 7) is 15.2. The Balaban J connectivity index is 1.45. The van der Waals surface area contributed by atoms with Crippen LogP contribution in [0.5, 0.6) is 0 Å². The summed E-state index contributed by atoms with van der Waals surface area (Å²) in [6.07, 6.45) is -13.1. The van der Waals surface area contributed by atoms with Gasteiger partial charge in [0.1, 0.15) is 48.3 Å². The standard InChI is InChI=1S/C50H66N2O16S2/c1-10-51-21-23-69-70-24-22-62-45(60)65-38(36(30-17-13-11-14-18-30)52-44(59)68-46(4,5)6)43(58)64-32-26-50(61)41(66-42(57)31-19-15-12-16-20-31)39-48(9,40(56)37(55)35(28(32)2)47(50,7)8)33(54)25-34-49(39,27-63-34)67-29(3)53/h11-20,32-34,36-39,41,51,54-55,61H,10,21-27H2,1-9H3,(H,52,59)/t32-,33-,34+,36-,37+,38+,39-,41-,48+,49-,50+/m0/s1. The normalized spacial score (nSPS) is 29.8. The molecule has 0 aromatic heterocycles. The van der Waals surface area contributed by atoms with E-state index in [1.165, 1.54) is 50.6 Å². The molecule has 0 radical (unpaired) electrons. The number of nitrogens with one attached hydrogen (secondary N) is 2. The van der Waals surface area contributed by atoms with Gasteiger partial charge in [-0.1, -0.05) is 90.9 Å². The van der Waals surface area contributed by atoms with E-state index in [-0.39, 0.29) is 41.9 Å². The lowest BCUT2D eigenvalue weighted by atomic mass is 9.44. The number of carbonyl (C=O) groups is 6. The highest BCUT2D eigenvalue weighted by Crippen LogP contribution is 2.64. The van der Waals surface area contributed by atoms with Crippen LogP contribution in [-0.4, -0.2) is 142 Å². The van der Waals surface area contributed by atoms with Gasteiger partial charge >= 0.3 is 30.2 Å². The van der Waals surface area contributed by atoms with Crippen molar-refractivity contribution in [3.05, 3.63) is 82.9 Å². The molecule has 1 saturated heterocycles. The molecule has 5 N–H and O–H groups in total. The third-order valence-corrected chi connectivity index (χ3v) is 16.2. The Morgan fingerprint density at radius 2 is 1.59 bits per heavy atom. The molecule has 1 aliphatic heterocycles. The van der Waals surface area contributed by atoms with Crippen LogP contribution in [0.2, 0.25) is 0 Å². The van der Waals surface area contributed by atoms with E-state index in [0.717, 1.165) is 25.8 Å². The minimum Gasteiger partial charge on any atom is -0.455 e. The molecule has 1 heterocycles. The summed E-state index contributed by atoms with van der Waals surface area (Å²) in [4.78, 5) is 84.7. The van der Waals surface area contributed by atoms with Gasteiger partial charge in [-0.05, 0) is 70.0 Å². The predicted molar refractivity (Wildman–Crippen MR) is 257 cm³/mol. The number of amides is 1. The summed E-state index contributed by atoms with van der Waals surface area (Å²) in [7, 11) is 3.04. The lowest BCUT2D eigenvalue weighted by molar-refractivity contribution is -0.346. The minimum atomic E-state index is -2.43. The number of hydrogen-bond acceptors (Lipinski definition) is 19. The third kappa shape index (κ3) is 11.0. The first-order chi connectivity index (χ1) is 32.9. The van der Waals surface area contributed by atoms with E-state index in [2.05, 4.69) is 10.6 Å². The number of hydrogen-bond donors (Lipinski definition) is 5. The van der Waals surface area contributed by atoms with E-state index in [1.54, 1.807) is 80.1 Å². The number of fused-ring (bicyclic) bond motifs is 5. The van der Waals surface area contributed by atoms with Crippen LogP contribution in [0.3, 0.4) is 0 Å². The van der Waals surface area contributed by atoms with E-state index >= 15 is 9.59 Å². The second-order valence-corrected chi connectivity index (χ2v) is 22.5. The lowest BCUT2D eigenvalue weighted by Gasteiger charge is -2.67. The van der Waals surface area contributed by atoms with Crippen molar-refractivity contribution < 1.29 is 77.2 Å². The molecule has 70 heavy (non-hydrogen) atoms. The van der Waals surface area contributed by atoms with Crippen molar-refractivity contribution in [1.29, 1.82) is 0 Å². The second kappa shape index (κ2) is 22.0. The maximum atomic E-state index is 15.2. The van der Waals surface area contributed by atoms with Crippen LogP contribution in [0.15, 0.2) is 71.8 Å². The molecular weight excluding hydrogens is 949 g/mol. The number of Topliss-reactive ketones (excluding diaryl/α,β-unsaturated/α-hetero) is 1. The summed E-state index contributed by atoms with van der Waals surface area (Å²) in [5, 5.41) is 44.0. The van der Waals surface area contributed by atoms with Crippen molar-refractivity contribution in [2.75, 3.05) is 37.8 Å². The number of carbonyl (C=O) groups excluding carboxylic acids is 6. The molecule has 0 spiro atoms. The zero-order chi connectivity index (χ0) is 51.4. The van der Waals surface area contributed by atoms with Crippen LogP contribution in [-0.2, 0) is 47.5 Å². The van der Waals surface area contributed by atoms with Gasteiger partial charge in [-0.2, -0.15) is 0 Å². The Morgan fingerprint density at radius 3 is 2.19 bits per heavy atom. The monoisotopic (exact) mass is 1010 g/mol. The van der Waals surface area contributed by atoms with Crippen molar-refractivity contribution in [2.45, 2.75) is 135 Å².